The Hall–Kier alpha value is -1.79. The van der Waals surface area contributed by atoms with Gasteiger partial charge in [-0.05, 0) is 30.7 Å². The summed E-state index contributed by atoms with van der Waals surface area (Å²) in [5.74, 6) is 0.893. The number of rotatable bonds is 6. The van der Waals surface area contributed by atoms with Gasteiger partial charge in [-0.1, -0.05) is 17.7 Å². The van der Waals surface area contributed by atoms with E-state index in [4.69, 9.17) is 11.6 Å². The first-order valence-corrected chi connectivity index (χ1v) is 8.58. The maximum atomic E-state index is 12.3. The zero-order valence-corrected chi connectivity index (χ0v) is 15.1. The smallest absolute Gasteiger partial charge is 0.317 e. The number of aromatic nitrogens is 1. The van der Waals surface area contributed by atoms with Gasteiger partial charge in [0.1, 0.15) is 5.82 Å². The van der Waals surface area contributed by atoms with Gasteiger partial charge >= 0.3 is 6.03 Å². The van der Waals surface area contributed by atoms with Crippen LogP contribution >= 0.6 is 22.9 Å². The Kier molecular flexibility index (Phi) is 6.24. The highest BCUT2D eigenvalue weighted by Crippen LogP contribution is 2.22. The van der Waals surface area contributed by atoms with Crippen LogP contribution in [0.1, 0.15) is 17.4 Å². The molecule has 0 spiro atoms. The van der Waals surface area contributed by atoms with Gasteiger partial charge in [-0.2, -0.15) is 0 Å². The number of thiophene rings is 1. The molecule has 23 heavy (non-hydrogen) atoms. The number of amides is 2. The van der Waals surface area contributed by atoms with E-state index in [2.05, 4.69) is 10.3 Å². The van der Waals surface area contributed by atoms with E-state index in [9.17, 15) is 4.79 Å². The predicted octanol–water partition coefficient (Wildman–Crippen LogP) is 3.59. The Labute approximate surface area is 145 Å². The van der Waals surface area contributed by atoms with E-state index in [0.29, 0.717) is 19.6 Å². The molecular formula is C16H21ClN4OS. The molecule has 0 radical (unpaired) electrons. The van der Waals surface area contributed by atoms with Gasteiger partial charge in [0.05, 0.1) is 10.9 Å². The number of urea groups is 1. The van der Waals surface area contributed by atoms with Gasteiger partial charge in [0, 0.05) is 38.3 Å². The highest BCUT2D eigenvalue weighted by Gasteiger charge is 2.13. The predicted molar refractivity (Wildman–Crippen MR) is 96.2 cm³/mol. The molecule has 1 N–H and O–H groups in total. The summed E-state index contributed by atoms with van der Waals surface area (Å²) in [4.78, 5) is 21.4. The van der Waals surface area contributed by atoms with E-state index in [0.717, 1.165) is 20.6 Å². The standard InChI is InChI=1S/C16H21ClN4OS/c1-4-21(11-13-6-7-14(17)23-13)16(22)19-10-12-5-8-15(18-9-12)20(2)3/h5-9H,4,10-11H2,1-3H3,(H,19,22). The Morgan fingerprint density at radius 3 is 2.61 bits per heavy atom. The van der Waals surface area contributed by atoms with E-state index in [1.807, 2.05) is 50.2 Å². The van der Waals surface area contributed by atoms with Gasteiger partial charge in [0.25, 0.3) is 0 Å². The number of hydrogen-bond donors (Lipinski definition) is 1. The van der Waals surface area contributed by atoms with Crippen LogP contribution in [0.25, 0.3) is 0 Å². The van der Waals surface area contributed by atoms with Gasteiger partial charge in [-0.15, -0.1) is 11.3 Å². The Morgan fingerprint density at radius 2 is 2.09 bits per heavy atom. The zero-order valence-electron chi connectivity index (χ0n) is 13.5. The third kappa shape index (κ3) is 5.11. The van der Waals surface area contributed by atoms with Gasteiger partial charge < -0.3 is 15.1 Å². The minimum atomic E-state index is -0.0892. The number of anilines is 1. The molecular weight excluding hydrogens is 332 g/mol. The van der Waals surface area contributed by atoms with Crippen molar-refractivity contribution in [2.45, 2.75) is 20.0 Å². The molecule has 0 aliphatic rings. The lowest BCUT2D eigenvalue weighted by Gasteiger charge is -2.20. The number of nitrogens with zero attached hydrogens (tertiary/aromatic N) is 3. The molecule has 0 atom stereocenters. The largest absolute Gasteiger partial charge is 0.363 e. The summed E-state index contributed by atoms with van der Waals surface area (Å²) in [5, 5.41) is 2.93. The van der Waals surface area contributed by atoms with Crippen molar-refractivity contribution in [3.63, 3.8) is 0 Å². The van der Waals surface area contributed by atoms with Crippen molar-refractivity contribution in [2.75, 3.05) is 25.5 Å². The molecule has 2 heterocycles. The molecule has 0 saturated carbocycles. The van der Waals surface area contributed by atoms with Crippen molar-refractivity contribution >= 4 is 34.8 Å². The van der Waals surface area contributed by atoms with Crippen molar-refractivity contribution in [1.29, 1.82) is 0 Å². The van der Waals surface area contributed by atoms with E-state index < -0.39 is 0 Å². The van der Waals surface area contributed by atoms with Crippen LogP contribution in [-0.4, -0.2) is 36.6 Å². The topological polar surface area (TPSA) is 48.5 Å². The van der Waals surface area contributed by atoms with Crippen LogP contribution in [0.15, 0.2) is 30.5 Å². The summed E-state index contributed by atoms with van der Waals surface area (Å²) in [6, 6.07) is 7.62. The highest BCUT2D eigenvalue weighted by molar-refractivity contribution is 7.16. The summed E-state index contributed by atoms with van der Waals surface area (Å²) >= 11 is 7.43. The van der Waals surface area contributed by atoms with E-state index in [1.165, 1.54) is 11.3 Å². The van der Waals surface area contributed by atoms with Gasteiger partial charge in [-0.3, -0.25) is 0 Å². The van der Waals surface area contributed by atoms with E-state index >= 15 is 0 Å². The molecule has 2 amide bonds. The fourth-order valence-electron chi connectivity index (χ4n) is 2.03. The summed E-state index contributed by atoms with van der Waals surface area (Å²) in [6.45, 7) is 3.63. The fourth-order valence-corrected chi connectivity index (χ4v) is 3.13. The lowest BCUT2D eigenvalue weighted by atomic mass is 10.3. The number of hydrogen-bond acceptors (Lipinski definition) is 4. The number of carbonyl (C=O) groups is 1. The second kappa shape index (κ2) is 8.17. The van der Waals surface area contributed by atoms with Crippen LogP contribution in [0, 0.1) is 0 Å². The first kappa shape index (κ1) is 17.6. The third-order valence-corrected chi connectivity index (χ3v) is 4.57. The van der Waals surface area contributed by atoms with Crippen LogP contribution in [-0.2, 0) is 13.1 Å². The molecule has 0 bridgehead atoms. The first-order valence-electron chi connectivity index (χ1n) is 7.39. The summed E-state index contributed by atoms with van der Waals surface area (Å²) < 4.78 is 0.739. The maximum absolute atomic E-state index is 12.3. The quantitative estimate of drug-likeness (QED) is 0.864. The molecule has 0 aliphatic carbocycles. The summed E-state index contributed by atoms with van der Waals surface area (Å²) in [6.07, 6.45) is 1.78. The van der Waals surface area contributed by atoms with Crippen molar-refractivity contribution < 1.29 is 4.79 Å². The van der Waals surface area contributed by atoms with Crippen LogP contribution in [0.4, 0.5) is 10.6 Å². The maximum Gasteiger partial charge on any atom is 0.317 e. The van der Waals surface area contributed by atoms with Gasteiger partial charge in [0.15, 0.2) is 0 Å². The molecule has 0 unspecified atom stereocenters. The molecule has 2 aromatic rings. The van der Waals surface area contributed by atoms with Crippen LogP contribution < -0.4 is 10.2 Å². The highest BCUT2D eigenvalue weighted by atomic mass is 35.5. The van der Waals surface area contributed by atoms with Crippen molar-refractivity contribution in [2.24, 2.45) is 0 Å². The number of nitrogens with one attached hydrogen (secondary N) is 1. The normalized spacial score (nSPS) is 10.4. The summed E-state index contributed by atoms with van der Waals surface area (Å²) in [5.41, 5.74) is 0.971. The molecule has 0 aliphatic heterocycles. The average Bonchev–Trinajstić information content (AvgIpc) is 2.95. The van der Waals surface area contributed by atoms with Gasteiger partial charge in [0.2, 0.25) is 0 Å². The van der Waals surface area contributed by atoms with Crippen LogP contribution in [0.2, 0.25) is 4.34 Å². The molecule has 2 rings (SSSR count). The molecule has 0 aromatic carbocycles. The van der Waals surface area contributed by atoms with E-state index in [1.54, 1.807) is 11.1 Å². The molecule has 2 aromatic heterocycles. The van der Waals surface area contributed by atoms with Crippen molar-refractivity contribution in [3.05, 3.63) is 45.2 Å². The minimum Gasteiger partial charge on any atom is -0.363 e. The second-order valence-corrected chi connectivity index (χ2v) is 7.10. The Balaban J connectivity index is 1.89. The average molecular weight is 353 g/mol. The van der Waals surface area contributed by atoms with Crippen LogP contribution in [0.3, 0.4) is 0 Å². The second-order valence-electron chi connectivity index (χ2n) is 5.30. The molecule has 7 heteroatoms. The first-order chi connectivity index (χ1) is 11.0. The zero-order chi connectivity index (χ0) is 16.8. The number of halogens is 1. The number of pyridine rings is 1. The molecule has 0 fully saturated rings. The van der Waals surface area contributed by atoms with Gasteiger partial charge in [-0.25, -0.2) is 9.78 Å². The number of carbonyl (C=O) groups excluding carboxylic acids is 1. The Bertz CT molecular complexity index is 642. The monoisotopic (exact) mass is 352 g/mol. The molecule has 0 saturated heterocycles. The van der Waals surface area contributed by atoms with Crippen molar-refractivity contribution in [1.82, 2.24) is 15.2 Å². The molecule has 124 valence electrons. The van der Waals surface area contributed by atoms with E-state index in [-0.39, 0.29) is 6.03 Å². The van der Waals surface area contributed by atoms with Crippen LogP contribution in [0.5, 0.6) is 0 Å². The third-order valence-electron chi connectivity index (χ3n) is 3.36. The molecule has 5 nitrogen and oxygen atoms in total. The van der Waals surface area contributed by atoms with Crippen molar-refractivity contribution in [3.8, 4) is 0 Å². The lowest BCUT2D eigenvalue weighted by molar-refractivity contribution is 0.198. The Morgan fingerprint density at radius 1 is 1.30 bits per heavy atom. The summed E-state index contributed by atoms with van der Waals surface area (Å²) in [7, 11) is 3.89. The lowest BCUT2D eigenvalue weighted by Crippen LogP contribution is -2.38. The minimum absolute atomic E-state index is 0.0892. The fraction of sp³-hybridized carbons (Fsp3) is 0.375. The SMILES string of the molecule is CCN(Cc1ccc(Cl)s1)C(=O)NCc1ccc(N(C)C)nc1.